The molecule has 2 heterocycles. The molecule has 2 aliphatic carbocycles. The maximum absolute atomic E-state index is 13.5. The quantitative estimate of drug-likeness (QED) is 0.666. The molecule has 32 heavy (non-hydrogen) atoms. The predicted molar refractivity (Wildman–Crippen MR) is 126 cm³/mol. The van der Waals surface area contributed by atoms with Gasteiger partial charge in [-0.3, -0.25) is 9.59 Å². The van der Waals surface area contributed by atoms with Crippen LogP contribution in [-0.4, -0.2) is 65.3 Å². The third kappa shape index (κ3) is 3.20. The van der Waals surface area contributed by atoms with Crippen LogP contribution in [0, 0.1) is 16.7 Å². The number of benzene rings is 1. The molecule has 2 bridgehead atoms. The zero-order valence-corrected chi connectivity index (χ0v) is 20.5. The molecule has 1 aromatic carbocycles. The van der Waals surface area contributed by atoms with Gasteiger partial charge in [-0.05, 0) is 49.1 Å². The lowest BCUT2D eigenvalue weighted by Gasteiger charge is -2.44. The van der Waals surface area contributed by atoms with Crippen molar-refractivity contribution in [1.82, 2.24) is 9.21 Å². The van der Waals surface area contributed by atoms with E-state index in [0.29, 0.717) is 56.8 Å². The Bertz CT molecular complexity index is 1030. The fraction of sp³-hybridized carbons (Fsp3) is 0.667. The van der Waals surface area contributed by atoms with Gasteiger partial charge in [0.1, 0.15) is 5.78 Å². The fourth-order valence-corrected chi connectivity index (χ4v) is 10.3. The van der Waals surface area contributed by atoms with Gasteiger partial charge in [0.25, 0.3) is 5.91 Å². The number of carbonyl (C=O) groups excluding carboxylic acids is 2. The van der Waals surface area contributed by atoms with E-state index in [-0.39, 0.29) is 27.7 Å². The Hall–Kier alpha value is -1.38. The molecule has 2 atom stereocenters. The van der Waals surface area contributed by atoms with E-state index in [1.165, 1.54) is 0 Å². The van der Waals surface area contributed by atoms with E-state index in [2.05, 4.69) is 13.8 Å². The number of piperidine rings is 1. The van der Waals surface area contributed by atoms with Crippen molar-refractivity contribution in [1.29, 1.82) is 0 Å². The second-order valence-electron chi connectivity index (χ2n) is 10.4. The average molecular weight is 477 g/mol. The molecule has 0 radical (unpaired) electrons. The minimum atomic E-state index is -3.55. The number of rotatable bonds is 4. The zero-order chi connectivity index (χ0) is 22.8. The van der Waals surface area contributed by atoms with E-state index in [0.717, 1.165) is 12.2 Å². The Morgan fingerprint density at radius 3 is 2.38 bits per heavy atom. The van der Waals surface area contributed by atoms with Gasteiger partial charge < -0.3 is 4.90 Å². The lowest BCUT2D eigenvalue weighted by molar-refractivity contribution is -0.128. The number of nitrogens with zero attached hydrogens (tertiary/aromatic N) is 2. The van der Waals surface area contributed by atoms with Crippen LogP contribution >= 0.6 is 11.8 Å². The van der Waals surface area contributed by atoms with Crippen LogP contribution in [0.5, 0.6) is 0 Å². The summed E-state index contributed by atoms with van der Waals surface area (Å²) in [6.45, 7) is 5.67. The summed E-state index contributed by atoms with van der Waals surface area (Å²) in [5.74, 6) is 1.29. The molecular formula is C24H32N2O4S2. The molecule has 6 nitrogen and oxygen atoms in total. The highest BCUT2D eigenvalue weighted by molar-refractivity contribution is 8.00. The van der Waals surface area contributed by atoms with Gasteiger partial charge >= 0.3 is 0 Å². The van der Waals surface area contributed by atoms with Gasteiger partial charge in [-0.25, -0.2) is 12.7 Å². The van der Waals surface area contributed by atoms with Crippen LogP contribution in [0.15, 0.2) is 30.3 Å². The van der Waals surface area contributed by atoms with Crippen molar-refractivity contribution in [2.24, 2.45) is 16.7 Å². The maximum atomic E-state index is 13.5. The molecule has 0 aromatic heterocycles. The Balaban J connectivity index is 1.31. The molecule has 8 heteroatoms. The molecule has 5 rings (SSSR count). The highest BCUT2D eigenvalue weighted by Crippen LogP contribution is 2.64. The van der Waals surface area contributed by atoms with Crippen molar-refractivity contribution in [2.45, 2.75) is 50.8 Å². The van der Waals surface area contributed by atoms with E-state index in [1.807, 2.05) is 35.2 Å². The lowest BCUT2D eigenvalue weighted by Crippen LogP contribution is -2.55. The van der Waals surface area contributed by atoms with Crippen molar-refractivity contribution >= 4 is 33.5 Å². The van der Waals surface area contributed by atoms with Crippen LogP contribution in [0.3, 0.4) is 0 Å². The zero-order valence-electron chi connectivity index (χ0n) is 18.9. The van der Waals surface area contributed by atoms with Crippen LogP contribution in [0.2, 0.25) is 0 Å². The fourth-order valence-electron chi connectivity index (χ4n) is 6.67. The first kappa shape index (κ1) is 22.4. The molecule has 2 saturated heterocycles. The number of amides is 1. The second-order valence-corrected chi connectivity index (χ2v) is 13.9. The number of sulfonamides is 1. The van der Waals surface area contributed by atoms with Gasteiger partial charge in [0.2, 0.25) is 10.0 Å². The summed E-state index contributed by atoms with van der Waals surface area (Å²) in [7, 11) is -3.55. The monoisotopic (exact) mass is 476 g/mol. The first-order chi connectivity index (χ1) is 15.1. The minimum Gasteiger partial charge on any atom is -0.323 e. The number of fused-ring (bicyclic) bond motifs is 2. The van der Waals surface area contributed by atoms with E-state index >= 15 is 0 Å². The van der Waals surface area contributed by atoms with Crippen LogP contribution in [0.25, 0.3) is 0 Å². The van der Waals surface area contributed by atoms with Crippen molar-refractivity contribution in [3.05, 3.63) is 35.9 Å². The lowest BCUT2D eigenvalue weighted by atomic mass is 9.70. The molecule has 4 aliphatic rings. The molecule has 2 unspecified atom stereocenters. The summed E-state index contributed by atoms with van der Waals surface area (Å²) in [5.41, 5.74) is -0.307. The number of hydrogen-bond donors (Lipinski definition) is 0. The van der Waals surface area contributed by atoms with Gasteiger partial charge in [0.15, 0.2) is 0 Å². The topological polar surface area (TPSA) is 74.8 Å². The summed E-state index contributed by atoms with van der Waals surface area (Å²) in [6, 6.07) is 9.32. The van der Waals surface area contributed by atoms with Crippen molar-refractivity contribution in [2.75, 3.05) is 31.1 Å². The molecule has 2 aliphatic heterocycles. The van der Waals surface area contributed by atoms with Gasteiger partial charge in [-0.15, -0.1) is 11.8 Å². The largest absolute Gasteiger partial charge is 0.323 e. The Morgan fingerprint density at radius 1 is 1.09 bits per heavy atom. The second kappa shape index (κ2) is 7.57. The molecule has 0 N–H and O–H groups in total. The first-order valence-electron chi connectivity index (χ1n) is 11.6. The van der Waals surface area contributed by atoms with Gasteiger partial charge in [-0.1, -0.05) is 32.0 Å². The summed E-state index contributed by atoms with van der Waals surface area (Å²) < 4.78 is 28.6. The molecule has 2 saturated carbocycles. The van der Waals surface area contributed by atoms with Gasteiger partial charge in [-0.2, -0.15) is 0 Å². The van der Waals surface area contributed by atoms with Crippen molar-refractivity contribution < 1.29 is 18.0 Å². The van der Waals surface area contributed by atoms with Gasteiger partial charge in [0.05, 0.1) is 10.6 Å². The van der Waals surface area contributed by atoms with E-state index in [9.17, 15) is 18.0 Å². The number of hydrogen-bond acceptors (Lipinski definition) is 5. The Morgan fingerprint density at radius 2 is 1.78 bits per heavy atom. The number of carbonyl (C=O) groups is 2. The maximum Gasteiger partial charge on any atom is 0.254 e. The van der Waals surface area contributed by atoms with Crippen LogP contribution in [0.1, 0.15) is 56.3 Å². The molecule has 174 valence electrons. The van der Waals surface area contributed by atoms with Crippen LogP contribution in [0.4, 0.5) is 0 Å². The van der Waals surface area contributed by atoms with E-state index in [4.69, 9.17) is 0 Å². The van der Waals surface area contributed by atoms with E-state index < -0.39 is 15.4 Å². The molecule has 1 spiro atoms. The summed E-state index contributed by atoms with van der Waals surface area (Å²) >= 11 is 1.78. The number of ketones is 1. The average Bonchev–Trinajstić information content (AvgIpc) is 3.33. The predicted octanol–water partition coefficient (Wildman–Crippen LogP) is 3.39. The van der Waals surface area contributed by atoms with Crippen LogP contribution < -0.4 is 0 Å². The van der Waals surface area contributed by atoms with Crippen molar-refractivity contribution in [3.63, 3.8) is 0 Å². The molecule has 4 fully saturated rings. The summed E-state index contributed by atoms with van der Waals surface area (Å²) in [6.07, 6.45) is 3.42. The van der Waals surface area contributed by atoms with Crippen LogP contribution in [-0.2, 0) is 14.8 Å². The number of Topliss-reactive ketones (excluding diaryl/α,β-unsaturated/α-hetero) is 1. The SMILES string of the molecule is CC1(C)C2CCC1(CS(=O)(=O)N1CCC3(CC1)SCCN3C(=O)c1ccccc1)C(=O)C2. The highest BCUT2D eigenvalue weighted by atomic mass is 32.2. The molecule has 1 amide bonds. The standard InChI is InChI=1S/C24H32N2O4S2/c1-22(2)19-8-9-23(22,20(27)16-19)17-32(29,30)25-12-10-24(11-13-25)26(14-15-31-24)21(28)18-6-4-3-5-7-18/h3-7,19H,8-17H2,1-2H3. The van der Waals surface area contributed by atoms with E-state index in [1.54, 1.807) is 16.1 Å². The Kier molecular flexibility index (Phi) is 5.30. The minimum absolute atomic E-state index is 0.0288. The molecular weight excluding hydrogens is 444 g/mol. The smallest absolute Gasteiger partial charge is 0.254 e. The normalized spacial score (nSPS) is 31.5. The highest BCUT2D eigenvalue weighted by Gasteiger charge is 2.65. The van der Waals surface area contributed by atoms with Crippen molar-refractivity contribution in [3.8, 4) is 0 Å². The third-order valence-electron chi connectivity index (χ3n) is 8.91. The van der Waals surface area contributed by atoms with Gasteiger partial charge in [0, 0.05) is 42.8 Å². The first-order valence-corrected chi connectivity index (χ1v) is 14.2. The Labute approximate surface area is 195 Å². The third-order valence-corrected chi connectivity index (χ3v) is 12.5. The molecule has 1 aromatic rings. The number of thioether (sulfide) groups is 1. The summed E-state index contributed by atoms with van der Waals surface area (Å²) in [4.78, 5) is 27.6. The summed E-state index contributed by atoms with van der Waals surface area (Å²) in [5, 5.41) is 0.